The molecule has 0 radical (unpaired) electrons. The van der Waals surface area contributed by atoms with E-state index in [1.165, 1.54) is 17.4 Å². The molecule has 0 aliphatic rings. The molecule has 1 aromatic rings. The van der Waals surface area contributed by atoms with Gasteiger partial charge in [0.25, 0.3) is 0 Å². The van der Waals surface area contributed by atoms with E-state index in [1.54, 1.807) is 0 Å². The molecule has 0 N–H and O–H groups in total. The van der Waals surface area contributed by atoms with Crippen molar-refractivity contribution in [3.05, 3.63) is 15.7 Å². The standard InChI is InChI=1S/C9H12BrFOS/c1-2-3-4-5-12-9-7(11)6-8(10)13-9/h6H,2-5H2,1H3. The fraction of sp³-hybridized carbons (Fsp3) is 0.556. The van der Waals surface area contributed by atoms with Gasteiger partial charge in [0, 0.05) is 6.07 Å². The van der Waals surface area contributed by atoms with Gasteiger partial charge in [0.1, 0.15) is 0 Å². The third kappa shape index (κ3) is 3.65. The summed E-state index contributed by atoms with van der Waals surface area (Å²) in [6.45, 7) is 2.74. The molecule has 0 aliphatic carbocycles. The maximum atomic E-state index is 13.0. The Hall–Kier alpha value is -0.0900. The molecule has 74 valence electrons. The first-order valence-corrected chi connectivity index (χ1v) is 5.92. The topological polar surface area (TPSA) is 9.23 Å². The smallest absolute Gasteiger partial charge is 0.211 e. The van der Waals surface area contributed by atoms with Crippen LogP contribution in [0, 0.1) is 5.82 Å². The third-order valence-electron chi connectivity index (χ3n) is 1.61. The Morgan fingerprint density at radius 2 is 2.31 bits per heavy atom. The van der Waals surface area contributed by atoms with Crippen molar-refractivity contribution in [1.29, 1.82) is 0 Å². The number of ether oxygens (including phenoxy) is 1. The Bertz CT molecular complexity index is 262. The second-order valence-electron chi connectivity index (χ2n) is 2.74. The van der Waals surface area contributed by atoms with Gasteiger partial charge in [-0.15, -0.1) is 0 Å². The Morgan fingerprint density at radius 3 is 2.85 bits per heavy atom. The van der Waals surface area contributed by atoms with Crippen LogP contribution in [0.5, 0.6) is 5.06 Å². The highest BCUT2D eigenvalue weighted by Gasteiger charge is 2.07. The van der Waals surface area contributed by atoms with E-state index in [-0.39, 0.29) is 5.82 Å². The highest BCUT2D eigenvalue weighted by atomic mass is 79.9. The molecule has 0 unspecified atom stereocenters. The predicted octanol–water partition coefficient (Wildman–Crippen LogP) is 4.22. The highest BCUT2D eigenvalue weighted by molar-refractivity contribution is 9.11. The maximum Gasteiger partial charge on any atom is 0.211 e. The average molecular weight is 267 g/mol. The summed E-state index contributed by atoms with van der Waals surface area (Å²) >= 11 is 4.50. The van der Waals surface area contributed by atoms with Crippen molar-refractivity contribution in [1.82, 2.24) is 0 Å². The lowest BCUT2D eigenvalue weighted by Gasteiger charge is -2.01. The number of hydrogen-bond acceptors (Lipinski definition) is 2. The van der Waals surface area contributed by atoms with Crippen LogP contribution < -0.4 is 4.74 Å². The van der Waals surface area contributed by atoms with Crippen LogP contribution in [0.15, 0.2) is 9.85 Å². The van der Waals surface area contributed by atoms with Crippen molar-refractivity contribution in [3.63, 3.8) is 0 Å². The SMILES string of the molecule is CCCCCOc1sc(Br)cc1F. The minimum atomic E-state index is -0.270. The molecular formula is C9H12BrFOS. The summed E-state index contributed by atoms with van der Waals surface area (Å²) in [6, 6.07) is 1.43. The van der Waals surface area contributed by atoms with Gasteiger partial charge in [0.15, 0.2) is 5.82 Å². The summed E-state index contributed by atoms with van der Waals surface area (Å²) in [5.41, 5.74) is 0. The second kappa shape index (κ2) is 5.60. The Labute approximate surface area is 90.0 Å². The summed E-state index contributed by atoms with van der Waals surface area (Å²) in [5, 5.41) is 0.392. The summed E-state index contributed by atoms with van der Waals surface area (Å²) in [5.74, 6) is -0.270. The van der Waals surface area contributed by atoms with E-state index in [0.29, 0.717) is 11.7 Å². The lowest BCUT2D eigenvalue weighted by molar-refractivity contribution is 0.301. The van der Waals surface area contributed by atoms with E-state index in [0.717, 1.165) is 23.0 Å². The molecule has 1 rings (SSSR count). The minimum absolute atomic E-state index is 0.270. The average Bonchev–Trinajstić information content (AvgIpc) is 2.39. The molecule has 0 saturated heterocycles. The highest BCUT2D eigenvalue weighted by Crippen LogP contribution is 2.32. The van der Waals surface area contributed by atoms with Gasteiger partial charge in [-0.2, -0.15) is 0 Å². The van der Waals surface area contributed by atoms with Crippen LogP contribution in [0.25, 0.3) is 0 Å². The molecule has 0 atom stereocenters. The Morgan fingerprint density at radius 1 is 1.54 bits per heavy atom. The first-order valence-electron chi connectivity index (χ1n) is 4.31. The van der Waals surface area contributed by atoms with Gasteiger partial charge >= 0.3 is 0 Å². The van der Waals surface area contributed by atoms with E-state index < -0.39 is 0 Å². The van der Waals surface area contributed by atoms with Crippen LogP contribution >= 0.6 is 27.3 Å². The third-order valence-corrected chi connectivity index (χ3v) is 3.13. The van der Waals surface area contributed by atoms with Crippen LogP contribution in [-0.2, 0) is 0 Å². The molecule has 0 saturated carbocycles. The van der Waals surface area contributed by atoms with Crippen molar-refractivity contribution < 1.29 is 9.13 Å². The summed E-state index contributed by atoms with van der Waals surface area (Å²) in [7, 11) is 0. The Kier molecular flexibility index (Phi) is 4.73. The first-order chi connectivity index (χ1) is 6.24. The number of thiophene rings is 1. The van der Waals surface area contributed by atoms with Crippen LogP contribution in [-0.4, -0.2) is 6.61 Å². The molecule has 1 aromatic heterocycles. The van der Waals surface area contributed by atoms with Gasteiger partial charge in [-0.25, -0.2) is 4.39 Å². The second-order valence-corrected chi connectivity index (χ2v) is 5.14. The van der Waals surface area contributed by atoms with E-state index >= 15 is 0 Å². The maximum absolute atomic E-state index is 13.0. The predicted molar refractivity (Wildman–Crippen MR) is 57.0 cm³/mol. The van der Waals surface area contributed by atoms with Gasteiger partial charge in [0.2, 0.25) is 5.06 Å². The van der Waals surface area contributed by atoms with E-state index in [4.69, 9.17) is 4.74 Å². The zero-order valence-corrected chi connectivity index (χ0v) is 9.88. The zero-order valence-electron chi connectivity index (χ0n) is 7.48. The molecule has 0 amide bonds. The number of halogens is 2. The van der Waals surface area contributed by atoms with Crippen molar-refractivity contribution in [2.24, 2.45) is 0 Å². The molecule has 4 heteroatoms. The molecule has 0 fully saturated rings. The van der Waals surface area contributed by atoms with Gasteiger partial charge in [-0.1, -0.05) is 31.1 Å². The quantitative estimate of drug-likeness (QED) is 0.726. The molecule has 0 bridgehead atoms. The van der Waals surface area contributed by atoms with E-state index in [9.17, 15) is 4.39 Å². The van der Waals surface area contributed by atoms with Crippen molar-refractivity contribution in [2.45, 2.75) is 26.2 Å². The van der Waals surface area contributed by atoms with Crippen molar-refractivity contribution >= 4 is 27.3 Å². The van der Waals surface area contributed by atoms with Crippen LogP contribution in [0.4, 0.5) is 4.39 Å². The van der Waals surface area contributed by atoms with Gasteiger partial charge < -0.3 is 4.74 Å². The fourth-order valence-electron chi connectivity index (χ4n) is 0.941. The number of hydrogen-bond donors (Lipinski definition) is 0. The fourth-order valence-corrected chi connectivity index (χ4v) is 2.22. The molecule has 1 heterocycles. The molecule has 0 aromatic carbocycles. The first kappa shape index (κ1) is 11.0. The Balaban J connectivity index is 2.32. The summed E-state index contributed by atoms with van der Waals surface area (Å²) < 4.78 is 19.0. The molecule has 13 heavy (non-hydrogen) atoms. The van der Waals surface area contributed by atoms with Crippen molar-refractivity contribution in [3.8, 4) is 5.06 Å². The molecule has 1 nitrogen and oxygen atoms in total. The lowest BCUT2D eigenvalue weighted by Crippen LogP contribution is -1.96. The van der Waals surface area contributed by atoms with Gasteiger partial charge in [-0.3, -0.25) is 0 Å². The normalized spacial score (nSPS) is 10.4. The minimum Gasteiger partial charge on any atom is -0.482 e. The van der Waals surface area contributed by atoms with Crippen molar-refractivity contribution in [2.75, 3.05) is 6.61 Å². The largest absolute Gasteiger partial charge is 0.482 e. The van der Waals surface area contributed by atoms with E-state index in [2.05, 4.69) is 22.9 Å². The van der Waals surface area contributed by atoms with Crippen LogP contribution in [0.3, 0.4) is 0 Å². The summed E-state index contributed by atoms with van der Waals surface area (Å²) in [6.07, 6.45) is 3.28. The van der Waals surface area contributed by atoms with E-state index in [1.807, 2.05) is 0 Å². The number of unbranched alkanes of at least 4 members (excludes halogenated alkanes) is 2. The monoisotopic (exact) mass is 266 g/mol. The molecule has 0 spiro atoms. The molecule has 0 aliphatic heterocycles. The zero-order chi connectivity index (χ0) is 9.68. The van der Waals surface area contributed by atoms with Crippen LogP contribution in [0.1, 0.15) is 26.2 Å². The van der Waals surface area contributed by atoms with Crippen LogP contribution in [0.2, 0.25) is 0 Å². The lowest BCUT2D eigenvalue weighted by atomic mass is 10.3. The number of rotatable bonds is 5. The summed E-state index contributed by atoms with van der Waals surface area (Å²) in [4.78, 5) is 0. The van der Waals surface area contributed by atoms with Gasteiger partial charge in [-0.05, 0) is 22.4 Å². The molecular weight excluding hydrogens is 255 g/mol. The van der Waals surface area contributed by atoms with Gasteiger partial charge in [0.05, 0.1) is 10.4 Å².